The number of nitrogens with one attached hydrogen (secondary N) is 1. The summed E-state index contributed by atoms with van der Waals surface area (Å²) in [7, 11) is 0. The first-order valence-corrected chi connectivity index (χ1v) is 8.34. The molecule has 3 aromatic rings. The maximum atomic E-state index is 12.5. The van der Waals surface area contributed by atoms with E-state index in [2.05, 4.69) is 10.3 Å². The molecule has 2 heterocycles. The molecule has 0 unspecified atom stereocenters. The van der Waals surface area contributed by atoms with Crippen LogP contribution in [0.4, 0.5) is 0 Å². The molecule has 1 aromatic carbocycles. The second-order valence-electron chi connectivity index (χ2n) is 6.12. The smallest absolute Gasteiger partial charge is 0.261 e. The van der Waals surface area contributed by atoms with Gasteiger partial charge in [-0.2, -0.15) is 0 Å². The molecule has 25 heavy (non-hydrogen) atoms. The first kappa shape index (κ1) is 17.0. The SMILES string of the molecule is Cc1cccc2c(=O)n(CCCC(=O)N[C@@H](C)c3ccco3)cnc12. The van der Waals surface area contributed by atoms with Crippen molar-refractivity contribution in [1.82, 2.24) is 14.9 Å². The number of carbonyl (C=O) groups is 1. The van der Waals surface area contributed by atoms with Crippen LogP contribution in [0.2, 0.25) is 0 Å². The van der Waals surface area contributed by atoms with Crippen LogP contribution in [0.5, 0.6) is 0 Å². The van der Waals surface area contributed by atoms with Crippen molar-refractivity contribution in [1.29, 1.82) is 0 Å². The lowest BCUT2D eigenvalue weighted by atomic mass is 10.1. The van der Waals surface area contributed by atoms with Gasteiger partial charge in [-0.25, -0.2) is 4.98 Å². The van der Waals surface area contributed by atoms with Gasteiger partial charge in [0.05, 0.1) is 29.5 Å². The molecule has 0 saturated carbocycles. The Morgan fingerprint density at radius 3 is 2.92 bits per heavy atom. The van der Waals surface area contributed by atoms with Gasteiger partial charge in [-0.3, -0.25) is 14.2 Å². The predicted molar refractivity (Wildman–Crippen MR) is 95.2 cm³/mol. The molecule has 6 heteroatoms. The number of amides is 1. The van der Waals surface area contributed by atoms with E-state index in [0.29, 0.717) is 24.8 Å². The number of para-hydroxylation sites is 1. The van der Waals surface area contributed by atoms with E-state index in [-0.39, 0.29) is 17.5 Å². The Kier molecular flexibility index (Phi) is 4.97. The third-order valence-electron chi connectivity index (χ3n) is 4.21. The molecule has 6 nitrogen and oxygen atoms in total. The number of nitrogens with zero attached hydrogens (tertiary/aromatic N) is 2. The number of aromatic nitrogens is 2. The van der Waals surface area contributed by atoms with Crippen LogP contribution in [-0.2, 0) is 11.3 Å². The minimum Gasteiger partial charge on any atom is -0.467 e. The summed E-state index contributed by atoms with van der Waals surface area (Å²) in [6.45, 7) is 4.26. The van der Waals surface area contributed by atoms with E-state index in [9.17, 15) is 9.59 Å². The lowest BCUT2D eigenvalue weighted by Gasteiger charge is -2.12. The summed E-state index contributed by atoms with van der Waals surface area (Å²) in [4.78, 5) is 28.9. The van der Waals surface area contributed by atoms with Gasteiger partial charge in [0.25, 0.3) is 5.56 Å². The normalized spacial score (nSPS) is 12.2. The molecule has 0 bridgehead atoms. The summed E-state index contributed by atoms with van der Waals surface area (Å²) >= 11 is 0. The quantitative estimate of drug-likeness (QED) is 0.749. The second kappa shape index (κ2) is 7.34. The van der Waals surface area contributed by atoms with E-state index in [0.717, 1.165) is 16.8 Å². The first-order valence-electron chi connectivity index (χ1n) is 8.34. The average molecular weight is 339 g/mol. The van der Waals surface area contributed by atoms with E-state index in [4.69, 9.17) is 4.42 Å². The Balaban J connectivity index is 1.59. The molecule has 1 amide bonds. The number of hydrogen-bond donors (Lipinski definition) is 1. The summed E-state index contributed by atoms with van der Waals surface area (Å²) < 4.78 is 6.83. The maximum Gasteiger partial charge on any atom is 0.261 e. The van der Waals surface area contributed by atoms with Crippen molar-refractivity contribution in [2.45, 2.75) is 39.3 Å². The monoisotopic (exact) mass is 339 g/mol. The van der Waals surface area contributed by atoms with Gasteiger partial charge in [-0.05, 0) is 44.0 Å². The zero-order chi connectivity index (χ0) is 17.8. The lowest BCUT2D eigenvalue weighted by Crippen LogP contribution is -2.27. The maximum absolute atomic E-state index is 12.5. The molecule has 130 valence electrons. The van der Waals surface area contributed by atoms with Crippen LogP contribution in [0.1, 0.15) is 37.1 Å². The molecule has 0 aliphatic heterocycles. The zero-order valence-electron chi connectivity index (χ0n) is 14.4. The summed E-state index contributed by atoms with van der Waals surface area (Å²) in [6.07, 6.45) is 4.04. The molecule has 2 aromatic heterocycles. The third-order valence-corrected chi connectivity index (χ3v) is 4.21. The Hall–Kier alpha value is -2.89. The highest BCUT2D eigenvalue weighted by Gasteiger charge is 2.12. The molecular formula is C19H21N3O3. The van der Waals surface area contributed by atoms with E-state index in [1.807, 2.05) is 32.0 Å². The summed E-state index contributed by atoms with van der Waals surface area (Å²) in [5.74, 6) is 0.653. The highest BCUT2D eigenvalue weighted by atomic mass is 16.3. The van der Waals surface area contributed by atoms with Crippen LogP contribution in [0.3, 0.4) is 0 Å². The third kappa shape index (κ3) is 3.79. The molecule has 0 aliphatic carbocycles. The summed E-state index contributed by atoms with van der Waals surface area (Å²) in [6, 6.07) is 9.02. The Morgan fingerprint density at radius 2 is 2.16 bits per heavy atom. The van der Waals surface area contributed by atoms with Gasteiger partial charge >= 0.3 is 0 Å². The van der Waals surface area contributed by atoms with Gasteiger partial charge in [-0.1, -0.05) is 12.1 Å². The zero-order valence-corrected chi connectivity index (χ0v) is 14.4. The molecule has 0 spiro atoms. The Labute approximate surface area is 145 Å². The number of benzene rings is 1. The van der Waals surface area contributed by atoms with Crippen LogP contribution in [0.25, 0.3) is 10.9 Å². The standard InChI is InChI=1S/C19H21N3O3/c1-13-6-3-7-15-18(13)20-12-22(19(15)24)10-4-9-17(23)21-14(2)16-8-5-11-25-16/h3,5-8,11-12,14H,4,9-10H2,1-2H3,(H,21,23)/t14-/m0/s1. The highest BCUT2D eigenvalue weighted by Crippen LogP contribution is 2.13. The van der Waals surface area contributed by atoms with Crippen molar-refractivity contribution in [3.8, 4) is 0 Å². The van der Waals surface area contributed by atoms with Crippen LogP contribution in [0.15, 0.2) is 52.1 Å². The van der Waals surface area contributed by atoms with Crippen LogP contribution in [0, 0.1) is 6.92 Å². The largest absolute Gasteiger partial charge is 0.467 e. The van der Waals surface area contributed by atoms with Crippen LogP contribution < -0.4 is 10.9 Å². The van der Waals surface area contributed by atoms with Gasteiger partial charge in [0, 0.05) is 13.0 Å². The predicted octanol–water partition coefficient (Wildman–Crippen LogP) is 2.96. The second-order valence-corrected chi connectivity index (χ2v) is 6.12. The molecule has 3 rings (SSSR count). The van der Waals surface area contributed by atoms with Crippen molar-refractivity contribution in [3.05, 3.63) is 64.6 Å². The van der Waals surface area contributed by atoms with E-state index < -0.39 is 0 Å². The fraction of sp³-hybridized carbons (Fsp3) is 0.316. The van der Waals surface area contributed by atoms with Crippen molar-refractivity contribution >= 4 is 16.8 Å². The van der Waals surface area contributed by atoms with Gasteiger partial charge in [0.1, 0.15) is 5.76 Å². The molecule has 1 atom stereocenters. The van der Waals surface area contributed by atoms with E-state index in [1.54, 1.807) is 29.3 Å². The van der Waals surface area contributed by atoms with Crippen molar-refractivity contribution in [3.63, 3.8) is 0 Å². The molecule has 0 saturated heterocycles. The average Bonchev–Trinajstić information content (AvgIpc) is 3.12. The van der Waals surface area contributed by atoms with Crippen molar-refractivity contribution in [2.75, 3.05) is 0 Å². The first-order chi connectivity index (χ1) is 12.1. The topological polar surface area (TPSA) is 77.1 Å². The van der Waals surface area contributed by atoms with E-state index >= 15 is 0 Å². The number of furan rings is 1. The minimum absolute atomic E-state index is 0.0680. The fourth-order valence-electron chi connectivity index (χ4n) is 2.83. The number of rotatable bonds is 6. The van der Waals surface area contributed by atoms with E-state index in [1.165, 1.54) is 0 Å². The van der Waals surface area contributed by atoms with Crippen molar-refractivity contribution < 1.29 is 9.21 Å². The lowest BCUT2D eigenvalue weighted by molar-refractivity contribution is -0.122. The Bertz CT molecular complexity index is 929. The van der Waals surface area contributed by atoms with Crippen molar-refractivity contribution in [2.24, 2.45) is 0 Å². The van der Waals surface area contributed by atoms with Gasteiger partial charge in [-0.15, -0.1) is 0 Å². The number of aryl methyl sites for hydroxylation is 2. The number of carbonyl (C=O) groups excluding carboxylic acids is 1. The molecular weight excluding hydrogens is 318 g/mol. The summed E-state index contributed by atoms with van der Waals surface area (Å²) in [5.41, 5.74) is 1.64. The Morgan fingerprint density at radius 1 is 1.32 bits per heavy atom. The number of hydrogen-bond acceptors (Lipinski definition) is 4. The fourth-order valence-corrected chi connectivity index (χ4v) is 2.83. The molecule has 0 fully saturated rings. The minimum atomic E-state index is -0.171. The van der Waals surface area contributed by atoms with Gasteiger partial charge < -0.3 is 9.73 Å². The molecule has 1 N–H and O–H groups in total. The van der Waals surface area contributed by atoms with Gasteiger partial charge in [0.15, 0.2) is 0 Å². The van der Waals surface area contributed by atoms with Crippen LogP contribution >= 0.6 is 0 Å². The molecule has 0 radical (unpaired) electrons. The summed E-state index contributed by atoms with van der Waals surface area (Å²) in [5, 5.41) is 3.49. The van der Waals surface area contributed by atoms with Gasteiger partial charge in [0.2, 0.25) is 5.91 Å². The molecule has 0 aliphatic rings. The number of fused-ring (bicyclic) bond motifs is 1. The highest BCUT2D eigenvalue weighted by molar-refractivity contribution is 5.80. The van der Waals surface area contributed by atoms with Crippen LogP contribution in [-0.4, -0.2) is 15.5 Å².